The third kappa shape index (κ3) is 3.96. The molecular weight excluding hydrogens is 408 g/mol. The number of amides is 2. The molecule has 1 atom stereocenters. The summed E-state index contributed by atoms with van der Waals surface area (Å²) >= 11 is 0. The summed E-state index contributed by atoms with van der Waals surface area (Å²) in [4.78, 5) is 49.5. The van der Waals surface area contributed by atoms with Crippen molar-refractivity contribution in [3.63, 3.8) is 0 Å². The second-order valence-electron chi connectivity index (χ2n) is 9.29. The minimum Gasteiger partial charge on any atom is -0.342 e. The van der Waals surface area contributed by atoms with Gasteiger partial charge in [0.25, 0.3) is 5.56 Å². The van der Waals surface area contributed by atoms with Gasteiger partial charge in [-0.05, 0) is 38.7 Å². The fourth-order valence-corrected chi connectivity index (χ4v) is 4.96. The third-order valence-corrected chi connectivity index (χ3v) is 7.25. The van der Waals surface area contributed by atoms with E-state index in [4.69, 9.17) is 4.98 Å². The van der Waals surface area contributed by atoms with Gasteiger partial charge in [-0.2, -0.15) is 5.10 Å². The molecular formula is C23H30N6O3. The van der Waals surface area contributed by atoms with Crippen LogP contribution in [0.1, 0.15) is 60.8 Å². The van der Waals surface area contributed by atoms with Crippen LogP contribution in [0.2, 0.25) is 0 Å². The van der Waals surface area contributed by atoms with E-state index in [1.54, 1.807) is 6.20 Å². The van der Waals surface area contributed by atoms with Crippen molar-refractivity contribution < 1.29 is 9.59 Å². The fourth-order valence-electron chi connectivity index (χ4n) is 4.96. The van der Waals surface area contributed by atoms with Gasteiger partial charge in [0.15, 0.2) is 0 Å². The first-order valence-corrected chi connectivity index (χ1v) is 11.7. The highest BCUT2D eigenvalue weighted by atomic mass is 16.2. The number of H-pyrrole nitrogens is 1. The zero-order valence-corrected chi connectivity index (χ0v) is 18.5. The number of aryl methyl sites for hydroxylation is 2. The zero-order valence-electron chi connectivity index (χ0n) is 18.5. The number of hydrogen-bond acceptors (Lipinski definition) is 5. The van der Waals surface area contributed by atoms with Crippen LogP contribution in [0.4, 0.5) is 0 Å². The molecule has 1 N–H and O–H groups in total. The molecule has 0 aromatic carbocycles. The molecule has 0 radical (unpaired) electrons. The number of hydrogen-bond donors (Lipinski definition) is 1. The molecule has 5 rings (SSSR count). The quantitative estimate of drug-likeness (QED) is 0.759. The minimum absolute atomic E-state index is 0.0149. The van der Waals surface area contributed by atoms with Crippen molar-refractivity contribution in [1.82, 2.24) is 29.5 Å². The van der Waals surface area contributed by atoms with Crippen molar-refractivity contribution in [2.24, 2.45) is 5.92 Å². The van der Waals surface area contributed by atoms with Gasteiger partial charge in [0.05, 0.1) is 12.2 Å². The summed E-state index contributed by atoms with van der Waals surface area (Å²) in [6, 6.07) is 1.93. The Kier molecular flexibility index (Phi) is 5.57. The lowest BCUT2D eigenvalue weighted by atomic mass is 9.84. The number of likely N-dealkylation sites (tertiary alicyclic amines) is 1. The SMILES string of the molecule is Cc1ccnn1CCC(=O)N1CC[C@H](c2nc3c(c(=O)[nH]2)CCN(C(=O)C2CCC2)C3)C1. The van der Waals surface area contributed by atoms with Gasteiger partial charge < -0.3 is 14.8 Å². The van der Waals surface area contributed by atoms with E-state index >= 15 is 0 Å². The van der Waals surface area contributed by atoms with E-state index < -0.39 is 0 Å². The molecule has 1 aliphatic carbocycles. The van der Waals surface area contributed by atoms with Gasteiger partial charge in [-0.25, -0.2) is 4.98 Å². The number of aromatic nitrogens is 4. The highest BCUT2D eigenvalue weighted by molar-refractivity contribution is 5.79. The summed E-state index contributed by atoms with van der Waals surface area (Å²) in [6.07, 6.45) is 6.55. The number of carbonyl (C=O) groups is 2. The number of fused-ring (bicyclic) bond motifs is 1. The van der Waals surface area contributed by atoms with E-state index in [1.165, 1.54) is 0 Å². The summed E-state index contributed by atoms with van der Waals surface area (Å²) in [5.41, 5.74) is 2.37. The van der Waals surface area contributed by atoms with Gasteiger partial charge in [-0.1, -0.05) is 6.42 Å². The van der Waals surface area contributed by atoms with Gasteiger partial charge >= 0.3 is 0 Å². The number of aromatic amines is 1. The van der Waals surface area contributed by atoms with Crippen LogP contribution in [0, 0.1) is 12.8 Å². The molecule has 32 heavy (non-hydrogen) atoms. The summed E-state index contributed by atoms with van der Waals surface area (Å²) in [5, 5.41) is 4.23. The van der Waals surface area contributed by atoms with Crippen molar-refractivity contribution in [3.05, 3.63) is 45.4 Å². The minimum atomic E-state index is -0.0975. The smallest absolute Gasteiger partial charge is 0.254 e. The fraction of sp³-hybridized carbons (Fsp3) is 0.609. The van der Waals surface area contributed by atoms with E-state index in [9.17, 15) is 14.4 Å². The molecule has 4 heterocycles. The maximum absolute atomic E-state index is 12.7. The van der Waals surface area contributed by atoms with Gasteiger partial charge in [0.1, 0.15) is 5.82 Å². The molecule has 9 nitrogen and oxygen atoms in total. The van der Waals surface area contributed by atoms with E-state index in [-0.39, 0.29) is 29.2 Å². The van der Waals surface area contributed by atoms with Crippen LogP contribution in [0.15, 0.2) is 17.1 Å². The van der Waals surface area contributed by atoms with E-state index in [0.29, 0.717) is 57.0 Å². The summed E-state index contributed by atoms with van der Waals surface area (Å²) < 4.78 is 1.84. The Balaban J connectivity index is 1.24. The average Bonchev–Trinajstić information content (AvgIpc) is 3.39. The Morgan fingerprint density at radius 1 is 1.19 bits per heavy atom. The molecule has 0 bridgehead atoms. The second kappa shape index (κ2) is 8.52. The maximum atomic E-state index is 12.7. The molecule has 9 heteroatoms. The highest BCUT2D eigenvalue weighted by Crippen LogP contribution is 2.30. The van der Waals surface area contributed by atoms with Crippen LogP contribution in [0.5, 0.6) is 0 Å². The molecule has 1 saturated carbocycles. The Bertz CT molecular complexity index is 1090. The maximum Gasteiger partial charge on any atom is 0.254 e. The molecule has 2 aliphatic heterocycles. The van der Waals surface area contributed by atoms with Crippen LogP contribution in [0.3, 0.4) is 0 Å². The monoisotopic (exact) mass is 438 g/mol. The molecule has 170 valence electrons. The number of carbonyl (C=O) groups excluding carboxylic acids is 2. The van der Waals surface area contributed by atoms with Crippen molar-refractivity contribution in [1.29, 1.82) is 0 Å². The Morgan fingerprint density at radius 2 is 2.03 bits per heavy atom. The van der Waals surface area contributed by atoms with Gasteiger partial charge in [0, 0.05) is 61.9 Å². The molecule has 0 unspecified atom stereocenters. The molecule has 0 spiro atoms. The van der Waals surface area contributed by atoms with Crippen LogP contribution >= 0.6 is 0 Å². The lowest BCUT2D eigenvalue weighted by Crippen LogP contribution is -2.43. The first kappa shape index (κ1) is 20.9. The van der Waals surface area contributed by atoms with E-state index in [2.05, 4.69) is 10.1 Å². The Labute approximate surface area is 186 Å². The summed E-state index contributed by atoms with van der Waals surface area (Å²) in [6.45, 7) is 4.77. The van der Waals surface area contributed by atoms with Crippen molar-refractivity contribution >= 4 is 11.8 Å². The van der Waals surface area contributed by atoms with Gasteiger partial charge in [-0.3, -0.25) is 19.1 Å². The number of nitrogens with zero attached hydrogens (tertiary/aromatic N) is 5. The first-order chi connectivity index (χ1) is 15.5. The zero-order chi connectivity index (χ0) is 22.2. The molecule has 1 saturated heterocycles. The highest BCUT2D eigenvalue weighted by Gasteiger charge is 2.34. The second-order valence-corrected chi connectivity index (χ2v) is 9.29. The van der Waals surface area contributed by atoms with Crippen molar-refractivity contribution in [2.75, 3.05) is 19.6 Å². The van der Waals surface area contributed by atoms with Crippen molar-refractivity contribution in [3.8, 4) is 0 Å². The van der Waals surface area contributed by atoms with Crippen molar-refractivity contribution in [2.45, 2.75) is 64.5 Å². The summed E-state index contributed by atoms with van der Waals surface area (Å²) in [5.74, 6) is 1.11. The van der Waals surface area contributed by atoms with Crippen LogP contribution in [-0.4, -0.2) is 61.0 Å². The van der Waals surface area contributed by atoms with Crippen LogP contribution in [-0.2, 0) is 29.1 Å². The first-order valence-electron chi connectivity index (χ1n) is 11.7. The Hall–Kier alpha value is -2.97. The largest absolute Gasteiger partial charge is 0.342 e. The van der Waals surface area contributed by atoms with Crippen LogP contribution in [0.25, 0.3) is 0 Å². The molecule has 2 fully saturated rings. The molecule has 3 aliphatic rings. The predicted octanol–water partition coefficient (Wildman–Crippen LogP) is 1.37. The molecule has 2 amide bonds. The normalized spacial score (nSPS) is 20.8. The van der Waals surface area contributed by atoms with E-state index in [0.717, 1.165) is 37.1 Å². The predicted molar refractivity (Wildman–Crippen MR) is 117 cm³/mol. The standard InChI is InChI=1S/C23H30N6O3/c1-15-5-9-24-29(15)12-8-20(30)27-10-6-17(13-27)21-25-19-14-28(23(32)16-3-2-4-16)11-7-18(19)22(31)26-21/h5,9,16-17H,2-4,6-8,10-14H2,1H3,(H,25,26,31)/t17-/m0/s1. The van der Waals surface area contributed by atoms with E-state index in [1.807, 2.05) is 27.5 Å². The third-order valence-electron chi connectivity index (χ3n) is 7.25. The molecule has 2 aromatic heterocycles. The Morgan fingerprint density at radius 3 is 2.75 bits per heavy atom. The number of nitrogens with one attached hydrogen (secondary N) is 1. The van der Waals surface area contributed by atoms with Crippen LogP contribution < -0.4 is 5.56 Å². The molecule has 2 aromatic rings. The lowest BCUT2D eigenvalue weighted by Gasteiger charge is -2.34. The van der Waals surface area contributed by atoms with Gasteiger partial charge in [-0.15, -0.1) is 0 Å². The lowest BCUT2D eigenvalue weighted by molar-refractivity contribution is -0.139. The number of rotatable bonds is 5. The topological polar surface area (TPSA) is 104 Å². The summed E-state index contributed by atoms with van der Waals surface area (Å²) in [7, 11) is 0. The van der Waals surface area contributed by atoms with Gasteiger partial charge in [0.2, 0.25) is 11.8 Å². The average molecular weight is 439 g/mol.